The second-order valence-electron chi connectivity index (χ2n) is 2.83. The van der Waals surface area contributed by atoms with Crippen LogP contribution in [0.1, 0.15) is 5.76 Å². The fourth-order valence-corrected chi connectivity index (χ4v) is 1.10. The molecule has 2 rings (SSSR count). The van der Waals surface area contributed by atoms with Crippen molar-refractivity contribution in [1.82, 2.24) is 10.1 Å². The molecule has 0 fully saturated rings. The molecule has 66 valence electrons. The van der Waals surface area contributed by atoms with Gasteiger partial charge in [0.05, 0.1) is 5.69 Å². The van der Waals surface area contributed by atoms with Crippen molar-refractivity contribution >= 4 is 5.69 Å². The van der Waals surface area contributed by atoms with Crippen LogP contribution in [0.4, 0.5) is 5.69 Å². The van der Waals surface area contributed by atoms with Gasteiger partial charge in [-0.2, -0.15) is 0 Å². The van der Waals surface area contributed by atoms with Gasteiger partial charge in [0.25, 0.3) is 0 Å². The van der Waals surface area contributed by atoms with Crippen LogP contribution in [0.2, 0.25) is 0 Å². The van der Waals surface area contributed by atoms with Crippen molar-refractivity contribution in [2.75, 3.05) is 5.73 Å². The summed E-state index contributed by atoms with van der Waals surface area (Å²) in [6.45, 7) is 1.84. The maximum absolute atomic E-state index is 5.58. The second-order valence-corrected chi connectivity index (χ2v) is 2.83. The second kappa shape index (κ2) is 2.90. The molecule has 2 heterocycles. The number of hydrogen-bond donors (Lipinski definition) is 1. The largest absolute Gasteiger partial charge is 0.397 e. The van der Waals surface area contributed by atoms with Crippen LogP contribution >= 0.6 is 0 Å². The van der Waals surface area contributed by atoms with Gasteiger partial charge in [0, 0.05) is 24.0 Å². The number of nitrogens with zero attached hydrogens (tertiary/aromatic N) is 2. The SMILES string of the molecule is Cc1cc(-c2cncc(N)c2)no1. The molecule has 0 atom stereocenters. The van der Waals surface area contributed by atoms with Crippen LogP contribution in [0.5, 0.6) is 0 Å². The maximum Gasteiger partial charge on any atom is 0.134 e. The molecule has 0 aliphatic carbocycles. The first-order valence-electron chi connectivity index (χ1n) is 3.90. The van der Waals surface area contributed by atoms with Crippen LogP contribution in [0, 0.1) is 6.92 Å². The van der Waals surface area contributed by atoms with Gasteiger partial charge in [-0.1, -0.05) is 5.16 Å². The zero-order valence-corrected chi connectivity index (χ0v) is 7.19. The molecule has 0 saturated carbocycles. The van der Waals surface area contributed by atoms with Crippen molar-refractivity contribution in [2.24, 2.45) is 0 Å². The van der Waals surface area contributed by atoms with Gasteiger partial charge in [-0.05, 0) is 13.0 Å². The first-order chi connectivity index (χ1) is 6.25. The number of rotatable bonds is 1. The molecule has 0 radical (unpaired) electrons. The van der Waals surface area contributed by atoms with E-state index in [2.05, 4.69) is 10.1 Å². The Labute approximate surface area is 75.4 Å². The molecule has 0 amide bonds. The zero-order chi connectivity index (χ0) is 9.26. The third-order valence-electron chi connectivity index (χ3n) is 1.68. The van der Waals surface area contributed by atoms with Crippen molar-refractivity contribution in [3.63, 3.8) is 0 Å². The quantitative estimate of drug-likeness (QED) is 0.715. The van der Waals surface area contributed by atoms with Gasteiger partial charge in [0.2, 0.25) is 0 Å². The van der Waals surface area contributed by atoms with Crippen LogP contribution in [-0.4, -0.2) is 10.1 Å². The molecule has 4 heteroatoms. The van der Waals surface area contributed by atoms with E-state index in [4.69, 9.17) is 10.3 Å². The summed E-state index contributed by atoms with van der Waals surface area (Å²) in [5, 5.41) is 3.86. The monoisotopic (exact) mass is 175 g/mol. The summed E-state index contributed by atoms with van der Waals surface area (Å²) in [4.78, 5) is 3.96. The lowest BCUT2D eigenvalue weighted by Crippen LogP contribution is -1.87. The maximum atomic E-state index is 5.58. The minimum Gasteiger partial charge on any atom is -0.397 e. The molecule has 0 spiro atoms. The number of nitrogen functional groups attached to an aromatic ring is 1. The van der Waals surface area contributed by atoms with E-state index in [-0.39, 0.29) is 0 Å². The molecule has 0 aromatic carbocycles. The highest BCUT2D eigenvalue weighted by molar-refractivity contribution is 5.61. The summed E-state index contributed by atoms with van der Waals surface area (Å²) in [6, 6.07) is 3.65. The van der Waals surface area contributed by atoms with Crippen LogP contribution in [0.15, 0.2) is 29.0 Å². The van der Waals surface area contributed by atoms with Crippen LogP contribution < -0.4 is 5.73 Å². The van der Waals surface area contributed by atoms with Gasteiger partial charge < -0.3 is 10.3 Å². The third kappa shape index (κ3) is 1.51. The Morgan fingerprint density at radius 2 is 2.15 bits per heavy atom. The molecular weight excluding hydrogens is 166 g/mol. The Bertz CT molecular complexity index is 422. The van der Waals surface area contributed by atoms with Crippen molar-refractivity contribution in [2.45, 2.75) is 6.92 Å². The van der Waals surface area contributed by atoms with Gasteiger partial charge in [0.1, 0.15) is 11.5 Å². The molecule has 0 saturated heterocycles. The van der Waals surface area contributed by atoms with E-state index >= 15 is 0 Å². The van der Waals surface area contributed by atoms with Crippen molar-refractivity contribution in [3.05, 3.63) is 30.3 Å². The molecule has 0 unspecified atom stereocenters. The normalized spacial score (nSPS) is 10.2. The summed E-state index contributed by atoms with van der Waals surface area (Å²) in [5.74, 6) is 0.775. The molecule has 4 nitrogen and oxygen atoms in total. The standard InChI is InChI=1S/C9H9N3O/c1-6-2-9(12-13-6)7-3-8(10)5-11-4-7/h2-5H,10H2,1H3. The molecule has 2 aromatic rings. The minimum absolute atomic E-state index is 0.623. The topological polar surface area (TPSA) is 64.9 Å². The Kier molecular flexibility index (Phi) is 1.73. The number of aryl methyl sites for hydroxylation is 1. The van der Waals surface area contributed by atoms with Gasteiger partial charge >= 0.3 is 0 Å². The van der Waals surface area contributed by atoms with E-state index in [1.807, 2.05) is 19.1 Å². The summed E-state index contributed by atoms with van der Waals surface area (Å²) < 4.78 is 4.94. The number of anilines is 1. The van der Waals surface area contributed by atoms with Gasteiger partial charge in [-0.3, -0.25) is 4.98 Å². The molecule has 2 N–H and O–H groups in total. The molecule has 0 bridgehead atoms. The first-order valence-corrected chi connectivity index (χ1v) is 3.90. The van der Waals surface area contributed by atoms with Crippen molar-refractivity contribution < 1.29 is 4.52 Å². The molecule has 0 aliphatic heterocycles. The molecular formula is C9H9N3O. The van der Waals surface area contributed by atoms with Gasteiger partial charge in [-0.15, -0.1) is 0 Å². The fourth-order valence-electron chi connectivity index (χ4n) is 1.10. The van der Waals surface area contributed by atoms with Gasteiger partial charge in [0.15, 0.2) is 0 Å². The smallest absolute Gasteiger partial charge is 0.134 e. The number of hydrogen-bond acceptors (Lipinski definition) is 4. The summed E-state index contributed by atoms with van der Waals surface area (Å²) in [5.41, 5.74) is 7.84. The number of pyridine rings is 1. The number of aromatic nitrogens is 2. The van der Waals surface area contributed by atoms with Crippen LogP contribution in [-0.2, 0) is 0 Å². The summed E-state index contributed by atoms with van der Waals surface area (Å²) >= 11 is 0. The highest BCUT2D eigenvalue weighted by Gasteiger charge is 2.03. The predicted octanol–water partition coefficient (Wildman–Crippen LogP) is 1.63. The molecule has 2 aromatic heterocycles. The lowest BCUT2D eigenvalue weighted by molar-refractivity contribution is 0.399. The van der Waals surface area contributed by atoms with E-state index in [1.54, 1.807) is 12.4 Å². The van der Waals surface area contributed by atoms with E-state index in [1.165, 1.54) is 0 Å². The molecule has 13 heavy (non-hydrogen) atoms. The van der Waals surface area contributed by atoms with Crippen LogP contribution in [0.25, 0.3) is 11.3 Å². The third-order valence-corrected chi connectivity index (χ3v) is 1.68. The number of nitrogens with two attached hydrogens (primary N) is 1. The fraction of sp³-hybridized carbons (Fsp3) is 0.111. The first kappa shape index (κ1) is 7.79. The molecule has 0 aliphatic rings. The summed E-state index contributed by atoms with van der Waals surface area (Å²) in [6.07, 6.45) is 3.30. The van der Waals surface area contributed by atoms with E-state index in [0.717, 1.165) is 17.0 Å². The highest BCUT2D eigenvalue weighted by atomic mass is 16.5. The Balaban J connectivity index is 2.46. The van der Waals surface area contributed by atoms with Crippen LogP contribution in [0.3, 0.4) is 0 Å². The lowest BCUT2D eigenvalue weighted by atomic mass is 10.2. The predicted molar refractivity (Wildman–Crippen MR) is 48.9 cm³/mol. The van der Waals surface area contributed by atoms with E-state index < -0.39 is 0 Å². The zero-order valence-electron chi connectivity index (χ0n) is 7.19. The van der Waals surface area contributed by atoms with E-state index in [9.17, 15) is 0 Å². The van der Waals surface area contributed by atoms with Crippen molar-refractivity contribution in [3.8, 4) is 11.3 Å². The summed E-state index contributed by atoms with van der Waals surface area (Å²) in [7, 11) is 0. The average molecular weight is 175 g/mol. The van der Waals surface area contributed by atoms with Gasteiger partial charge in [-0.25, -0.2) is 0 Å². The highest BCUT2D eigenvalue weighted by Crippen LogP contribution is 2.19. The Morgan fingerprint density at radius 3 is 2.77 bits per heavy atom. The Morgan fingerprint density at radius 1 is 1.31 bits per heavy atom. The lowest BCUT2D eigenvalue weighted by Gasteiger charge is -1.95. The van der Waals surface area contributed by atoms with E-state index in [0.29, 0.717) is 5.69 Å². The Hall–Kier alpha value is -1.84. The average Bonchev–Trinajstić information content (AvgIpc) is 2.52. The van der Waals surface area contributed by atoms with Crippen molar-refractivity contribution in [1.29, 1.82) is 0 Å². The minimum atomic E-state index is 0.623.